The maximum atomic E-state index is 13.4. The van der Waals surface area contributed by atoms with Crippen LogP contribution < -0.4 is 10.1 Å². The molecule has 0 aliphatic rings. The molecule has 0 bridgehead atoms. The highest BCUT2D eigenvalue weighted by atomic mass is 32.1. The third-order valence-electron chi connectivity index (χ3n) is 4.70. The molecule has 3 nitrogen and oxygen atoms in total. The normalized spacial score (nSPS) is 11.9. The molecule has 0 fully saturated rings. The summed E-state index contributed by atoms with van der Waals surface area (Å²) in [6.07, 6.45) is 0. The lowest BCUT2D eigenvalue weighted by atomic mass is 10.0. The molecule has 0 radical (unpaired) electrons. The van der Waals surface area contributed by atoms with Crippen LogP contribution in [0.4, 0.5) is 4.39 Å². The Morgan fingerprint density at radius 1 is 1.03 bits per heavy atom. The van der Waals surface area contributed by atoms with Crippen molar-refractivity contribution >= 4 is 28.0 Å². The molecule has 1 amide bonds. The fourth-order valence-corrected chi connectivity index (χ4v) is 4.11. The molecule has 5 heteroatoms. The summed E-state index contributed by atoms with van der Waals surface area (Å²) in [5, 5.41) is 7.04. The Morgan fingerprint density at radius 3 is 2.41 bits per heavy atom. The van der Waals surface area contributed by atoms with E-state index < -0.39 is 0 Å². The Hall–Kier alpha value is -3.18. The van der Waals surface area contributed by atoms with Crippen LogP contribution in [0, 0.1) is 5.82 Å². The number of fused-ring (bicyclic) bond motifs is 1. The van der Waals surface area contributed by atoms with Crippen molar-refractivity contribution < 1.29 is 13.9 Å². The van der Waals surface area contributed by atoms with Gasteiger partial charge in [0.1, 0.15) is 11.6 Å². The van der Waals surface area contributed by atoms with Gasteiger partial charge >= 0.3 is 0 Å². The van der Waals surface area contributed by atoms with Gasteiger partial charge in [0, 0.05) is 4.88 Å². The average molecular weight is 405 g/mol. The molecule has 1 atom stereocenters. The number of amides is 1. The van der Waals surface area contributed by atoms with Crippen molar-refractivity contribution in [1.82, 2.24) is 5.32 Å². The lowest BCUT2D eigenvalue weighted by Crippen LogP contribution is -2.29. The van der Waals surface area contributed by atoms with Crippen LogP contribution in [0.25, 0.3) is 10.8 Å². The molecule has 0 saturated carbocycles. The molecule has 3 aromatic carbocycles. The quantitative estimate of drug-likeness (QED) is 0.430. The standard InChI is InChI=1S/C24H20FNO2S/c1-2-28-21-15-18-7-4-3-6-17(18)14-20(21)24(27)26-23(22-8-5-13-29-22)16-9-11-19(25)12-10-16/h3-15,23H,2H2,1H3,(H,26,27). The predicted octanol–water partition coefficient (Wildman–Crippen LogP) is 5.96. The number of hydrogen-bond acceptors (Lipinski definition) is 3. The highest BCUT2D eigenvalue weighted by Crippen LogP contribution is 2.30. The molecule has 1 aromatic heterocycles. The maximum absolute atomic E-state index is 13.4. The molecule has 29 heavy (non-hydrogen) atoms. The van der Waals surface area contributed by atoms with Crippen molar-refractivity contribution in [3.63, 3.8) is 0 Å². The first-order valence-corrected chi connectivity index (χ1v) is 10.3. The Balaban J connectivity index is 1.72. The summed E-state index contributed by atoms with van der Waals surface area (Å²) >= 11 is 1.54. The van der Waals surface area contributed by atoms with Crippen LogP contribution in [0.15, 0.2) is 78.2 Å². The van der Waals surface area contributed by atoms with Crippen molar-refractivity contribution in [3.05, 3.63) is 100.0 Å². The third-order valence-corrected chi connectivity index (χ3v) is 5.64. The minimum Gasteiger partial charge on any atom is -0.493 e. The van der Waals surface area contributed by atoms with Gasteiger partial charge in [0.25, 0.3) is 5.91 Å². The largest absolute Gasteiger partial charge is 0.493 e. The Morgan fingerprint density at radius 2 is 1.76 bits per heavy atom. The van der Waals surface area contributed by atoms with E-state index in [1.807, 2.05) is 60.8 Å². The van der Waals surface area contributed by atoms with E-state index >= 15 is 0 Å². The van der Waals surface area contributed by atoms with Crippen molar-refractivity contribution in [2.24, 2.45) is 0 Å². The van der Waals surface area contributed by atoms with Gasteiger partial charge in [-0.25, -0.2) is 4.39 Å². The van der Waals surface area contributed by atoms with Gasteiger partial charge in [0.15, 0.2) is 0 Å². The van der Waals surface area contributed by atoms with E-state index in [2.05, 4.69) is 5.32 Å². The fourth-order valence-electron chi connectivity index (χ4n) is 3.31. The highest BCUT2D eigenvalue weighted by Gasteiger charge is 2.21. The van der Waals surface area contributed by atoms with Crippen LogP contribution in [0.3, 0.4) is 0 Å². The zero-order chi connectivity index (χ0) is 20.2. The number of hydrogen-bond donors (Lipinski definition) is 1. The summed E-state index contributed by atoms with van der Waals surface area (Å²) in [6.45, 7) is 2.36. The number of carbonyl (C=O) groups excluding carboxylic acids is 1. The summed E-state index contributed by atoms with van der Waals surface area (Å²) in [4.78, 5) is 14.2. The van der Waals surface area contributed by atoms with Crippen LogP contribution in [-0.4, -0.2) is 12.5 Å². The van der Waals surface area contributed by atoms with Crippen LogP contribution in [0.5, 0.6) is 5.75 Å². The first kappa shape index (κ1) is 19.2. The van der Waals surface area contributed by atoms with E-state index in [0.717, 1.165) is 21.2 Å². The van der Waals surface area contributed by atoms with Gasteiger partial charge in [-0.05, 0) is 59.0 Å². The molecule has 4 aromatic rings. The summed E-state index contributed by atoms with van der Waals surface area (Å²) in [5.74, 6) is 0.00725. The number of benzene rings is 3. The van der Waals surface area contributed by atoms with E-state index in [4.69, 9.17) is 4.74 Å². The summed E-state index contributed by atoms with van der Waals surface area (Å²) in [5.41, 5.74) is 1.30. The number of thiophene rings is 1. The van der Waals surface area contributed by atoms with E-state index in [1.165, 1.54) is 12.1 Å². The Bertz CT molecular complexity index is 1120. The average Bonchev–Trinajstić information content (AvgIpc) is 3.27. The van der Waals surface area contributed by atoms with Crippen molar-refractivity contribution in [2.75, 3.05) is 6.61 Å². The van der Waals surface area contributed by atoms with Gasteiger partial charge < -0.3 is 10.1 Å². The molecule has 0 aliphatic heterocycles. The van der Waals surface area contributed by atoms with Crippen molar-refractivity contribution in [1.29, 1.82) is 0 Å². The van der Waals surface area contributed by atoms with Crippen molar-refractivity contribution in [2.45, 2.75) is 13.0 Å². The SMILES string of the molecule is CCOc1cc2ccccc2cc1C(=O)NC(c1ccc(F)cc1)c1cccs1. The summed E-state index contributed by atoms with van der Waals surface area (Å²) in [7, 11) is 0. The summed E-state index contributed by atoms with van der Waals surface area (Å²) in [6, 6.07) is 21.3. The van der Waals surface area contributed by atoms with Gasteiger partial charge in [-0.3, -0.25) is 4.79 Å². The van der Waals surface area contributed by atoms with E-state index in [1.54, 1.807) is 23.5 Å². The first-order valence-electron chi connectivity index (χ1n) is 9.41. The lowest BCUT2D eigenvalue weighted by Gasteiger charge is -2.20. The lowest BCUT2D eigenvalue weighted by molar-refractivity contribution is 0.0940. The van der Waals surface area contributed by atoms with Crippen LogP contribution in [-0.2, 0) is 0 Å². The molecule has 1 N–H and O–H groups in total. The van der Waals surface area contributed by atoms with Gasteiger partial charge in [-0.2, -0.15) is 0 Å². The topological polar surface area (TPSA) is 38.3 Å². The van der Waals surface area contributed by atoms with Crippen molar-refractivity contribution in [3.8, 4) is 5.75 Å². The second-order valence-corrected chi connectivity index (χ2v) is 7.58. The molecular weight excluding hydrogens is 385 g/mol. The highest BCUT2D eigenvalue weighted by molar-refractivity contribution is 7.10. The maximum Gasteiger partial charge on any atom is 0.255 e. The molecule has 0 spiro atoms. The number of rotatable bonds is 6. The zero-order valence-electron chi connectivity index (χ0n) is 15.9. The molecular formula is C24H20FNO2S. The number of ether oxygens (including phenoxy) is 1. The number of halogens is 1. The molecule has 1 heterocycles. The number of nitrogens with one attached hydrogen (secondary N) is 1. The minimum absolute atomic E-state index is 0.234. The van der Waals surface area contributed by atoms with Gasteiger partial charge in [-0.15, -0.1) is 11.3 Å². The molecule has 146 valence electrons. The molecule has 0 saturated heterocycles. The fraction of sp³-hybridized carbons (Fsp3) is 0.125. The monoisotopic (exact) mass is 405 g/mol. The van der Waals surface area contributed by atoms with Crippen LogP contribution in [0.2, 0.25) is 0 Å². The van der Waals surface area contributed by atoms with E-state index in [0.29, 0.717) is 17.9 Å². The Labute approximate surface area is 172 Å². The smallest absolute Gasteiger partial charge is 0.255 e. The second kappa shape index (κ2) is 8.45. The minimum atomic E-state index is -0.371. The molecule has 1 unspecified atom stereocenters. The zero-order valence-corrected chi connectivity index (χ0v) is 16.7. The Kier molecular flexibility index (Phi) is 5.58. The summed E-state index contributed by atoms with van der Waals surface area (Å²) < 4.78 is 19.2. The third kappa shape index (κ3) is 4.15. The van der Waals surface area contributed by atoms with Gasteiger partial charge in [0.05, 0.1) is 18.2 Å². The van der Waals surface area contributed by atoms with Gasteiger partial charge in [0.2, 0.25) is 0 Å². The second-order valence-electron chi connectivity index (χ2n) is 6.60. The van der Waals surface area contributed by atoms with Crippen LogP contribution in [0.1, 0.15) is 33.8 Å². The first-order chi connectivity index (χ1) is 14.2. The van der Waals surface area contributed by atoms with Gasteiger partial charge in [-0.1, -0.05) is 42.5 Å². The van der Waals surface area contributed by atoms with E-state index in [-0.39, 0.29) is 17.8 Å². The van der Waals surface area contributed by atoms with E-state index in [9.17, 15) is 9.18 Å². The number of carbonyl (C=O) groups is 1. The predicted molar refractivity (Wildman–Crippen MR) is 115 cm³/mol. The van der Waals surface area contributed by atoms with Crippen LogP contribution >= 0.6 is 11.3 Å². The molecule has 4 rings (SSSR count). The molecule has 0 aliphatic carbocycles.